The van der Waals surface area contributed by atoms with Crippen LogP contribution in [0.2, 0.25) is 0 Å². The topological polar surface area (TPSA) is 0 Å². The number of benzene rings is 1. The smallest absolute Gasteiger partial charge is 0.0315 e. The van der Waals surface area contributed by atoms with Crippen LogP contribution >= 0.6 is 0 Å². The molecule has 0 saturated carbocycles. The maximum absolute atomic E-state index is 2.42. The highest BCUT2D eigenvalue weighted by atomic mass is 14.6. The van der Waals surface area contributed by atoms with Crippen molar-refractivity contribution in [2.75, 3.05) is 0 Å². The summed E-state index contributed by atoms with van der Waals surface area (Å²) in [6.07, 6.45) is 18.2. The van der Waals surface area contributed by atoms with E-state index in [4.69, 9.17) is 0 Å². The molecule has 0 fully saturated rings. The first-order valence-corrected chi connectivity index (χ1v) is 7.98. The van der Waals surface area contributed by atoms with Gasteiger partial charge in [0.2, 0.25) is 0 Å². The number of rotatable bonds is 0. The van der Waals surface area contributed by atoms with E-state index in [1.807, 2.05) is 0 Å². The Morgan fingerprint density at radius 1 is 0.636 bits per heavy atom. The summed E-state index contributed by atoms with van der Waals surface area (Å²) in [5.74, 6) is 0. The maximum atomic E-state index is 2.42. The minimum Gasteiger partial charge on any atom is -0.0616 e. The molecule has 5 rings (SSSR count). The monoisotopic (exact) mass is 282 g/mol. The third kappa shape index (κ3) is 1.10. The molecule has 1 aromatic carbocycles. The number of hydrogen-bond donors (Lipinski definition) is 0. The highest BCUT2D eigenvalue weighted by Crippen LogP contribution is 2.69. The highest BCUT2D eigenvalue weighted by Gasteiger charge is 2.58. The molecule has 2 atom stereocenters. The van der Waals surface area contributed by atoms with Crippen molar-refractivity contribution in [3.8, 4) is 0 Å². The quantitative estimate of drug-likeness (QED) is 0.590. The van der Waals surface area contributed by atoms with Gasteiger partial charge in [-0.1, -0.05) is 86.7 Å². The van der Waals surface area contributed by atoms with Crippen molar-refractivity contribution in [1.29, 1.82) is 0 Å². The van der Waals surface area contributed by atoms with Gasteiger partial charge in [-0.2, -0.15) is 0 Å². The van der Waals surface area contributed by atoms with E-state index in [1.165, 1.54) is 33.4 Å². The zero-order valence-electron chi connectivity index (χ0n) is 12.9. The summed E-state index contributed by atoms with van der Waals surface area (Å²) in [5.41, 5.74) is 8.56. The van der Waals surface area contributed by atoms with Crippen LogP contribution in [0.25, 0.3) is 11.1 Å². The summed E-state index contributed by atoms with van der Waals surface area (Å²) in [4.78, 5) is 0. The Labute approximate surface area is 131 Å². The molecule has 0 bridgehead atoms. The van der Waals surface area contributed by atoms with E-state index < -0.39 is 0 Å². The summed E-state index contributed by atoms with van der Waals surface area (Å²) in [6.45, 7) is 4.84. The fourth-order valence-corrected chi connectivity index (χ4v) is 4.88. The van der Waals surface area contributed by atoms with Crippen molar-refractivity contribution in [2.24, 2.45) is 10.8 Å². The first-order chi connectivity index (χ1) is 10.7. The van der Waals surface area contributed by atoms with E-state index >= 15 is 0 Å². The standard InChI is InChI=1S/C22H18/c1-21-15-7-5-11-19(21)17-9-3-4-10-18(17)20-12-6-8-16(14-13-15)22(20,21)2/h3-14H,1-2H3/t21-,22-/m0/s1. The molecule has 0 heteroatoms. The lowest BCUT2D eigenvalue weighted by Crippen LogP contribution is -2.47. The van der Waals surface area contributed by atoms with E-state index in [0.717, 1.165) is 0 Å². The van der Waals surface area contributed by atoms with Gasteiger partial charge < -0.3 is 0 Å². The molecule has 0 spiro atoms. The van der Waals surface area contributed by atoms with Gasteiger partial charge in [0.05, 0.1) is 0 Å². The van der Waals surface area contributed by atoms with Gasteiger partial charge in [-0.3, -0.25) is 0 Å². The fourth-order valence-electron chi connectivity index (χ4n) is 4.88. The number of hydrogen-bond acceptors (Lipinski definition) is 0. The summed E-state index contributed by atoms with van der Waals surface area (Å²) in [5, 5.41) is 0. The molecule has 0 unspecified atom stereocenters. The minimum absolute atomic E-state index is 0.0107. The second-order valence-electron chi connectivity index (χ2n) is 6.92. The Morgan fingerprint density at radius 3 is 1.55 bits per heavy atom. The Balaban J connectivity index is 2.00. The largest absolute Gasteiger partial charge is 0.0616 e. The van der Waals surface area contributed by atoms with Gasteiger partial charge in [0, 0.05) is 10.8 Å². The van der Waals surface area contributed by atoms with Crippen LogP contribution in [0, 0.1) is 10.8 Å². The molecule has 4 aliphatic rings. The Kier molecular flexibility index (Phi) is 2.06. The molecule has 0 heterocycles. The average Bonchev–Trinajstić information content (AvgIpc) is 2.54. The molecule has 0 saturated heterocycles. The lowest BCUT2D eigenvalue weighted by molar-refractivity contribution is 0.303. The Hall–Kier alpha value is -2.34. The van der Waals surface area contributed by atoms with Crippen LogP contribution in [0.1, 0.15) is 25.0 Å². The van der Waals surface area contributed by atoms with Gasteiger partial charge in [-0.25, -0.2) is 0 Å². The van der Waals surface area contributed by atoms with Crippen molar-refractivity contribution in [3.05, 3.63) is 95.1 Å². The molecule has 1 aromatic rings. The van der Waals surface area contributed by atoms with E-state index in [2.05, 4.69) is 86.7 Å². The molecule has 0 nitrogen and oxygen atoms in total. The molecule has 0 N–H and O–H groups in total. The van der Waals surface area contributed by atoms with Crippen molar-refractivity contribution in [1.82, 2.24) is 0 Å². The van der Waals surface area contributed by atoms with Crippen molar-refractivity contribution >= 4 is 11.1 Å². The van der Waals surface area contributed by atoms with Gasteiger partial charge >= 0.3 is 0 Å². The molecule has 0 aliphatic heterocycles. The fraction of sp³-hybridized carbons (Fsp3) is 0.182. The molecule has 106 valence electrons. The summed E-state index contributed by atoms with van der Waals surface area (Å²) < 4.78 is 0. The highest BCUT2D eigenvalue weighted by molar-refractivity contribution is 5.97. The third-order valence-corrected chi connectivity index (χ3v) is 6.26. The van der Waals surface area contributed by atoms with E-state index in [-0.39, 0.29) is 10.8 Å². The minimum atomic E-state index is 0.0107. The third-order valence-electron chi connectivity index (χ3n) is 6.26. The zero-order valence-corrected chi connectivity index (χ0v) is 12.9. The molecule has 0 radical (unpaired) electrons. The van der Waals surface area contributed by atoms with Crippen LogP contribution in [0.3, 0.4) is 0 Å². The van der Waals surface area contributed by atoms with Crippen LogP contribution in [0.4, 0.5) is 0 Å². The second kappa shape index (κ2) is 3.70. The molecule has 4 aliphatic carbocycles. The lowest BCUT2D eigenvalue weighted by Gasteiger charge is -2.58. The van der Waals surface area contributed by atoms with E-state index in [0.29, 0.717) is 0 Å². The predicted molar refractivity (Wildman–Crippen MR) is 93.1 cm³/mol. The SMILES string of the molecule is C[C@]12C3=CC=C4C=CC=C(c5ccccc5C1=CC=C3)[C@]42C. The van der Waals surface area contributed by atoms with Crippen molar-refractivity contribution < 1.29 is 0 Å². The zero-order chi connectivity index (χ0) is 14.9. The average molecular weight is 282 g/mol. The Bertz CT molecular complexity index is 823. The van der Waals surface area contributed by atoms with Crippen LogP contribution < -0.4 is 0 Å². The molecular formula is C22H18. The molecule has 22 heavy (non-hydrogen) atoms. The second-order valence-corrected chi connectivity index (χ2v) is 6.92. The normalized spacial score (nSPS) is 33.2. The van der Waals surface area contributed by atoms with Crippen LogP contribution in [-0.4, -0.2) is 0 Å². The predicted octanol–water partition coefficient (Wildman–Crippen LogP) is 5.49. The van der Waals surface area contributed by atoms with E-state index in [9.17, 15) is 0 Å². The molecular weight excluding hydrogens is 264 g/mol. The van der Waals surface area contributed by atoms with Gasteiger partial charge in [0.25, 0.3) is 0 Å². The van der Waals surface area contributed by atoms with Crippen molar-refractivity contribution in [2.45, 2.75) is 13.8 Å². The van der Waals surface area contributed by atoms with Crippen LogP contribution in [-0.2, 0) is 0 Å². The number of fused-ring (bicyclic) bond motifs is 3. The summed E-state index contributed by atoms with van der Waals surface area (Å²) in [6, 6.07) is 8.87. The van der Waals surface area contributed by atoms with Crippen LogP contribution in [0.5, 0.6) is 0 Å². The first-order valence-electron chi connectivity index (χ1n) is 7.98. The van der Waals surface area contributed by atoms with E-state index in [1.54, 1.807) is 0 Å². The lowest BCUT2D eigenvalue weighted by atomic mass is 9.44. The first kappa shape index (κ1) is 12.2. The summed E-state index contributed by atoms with van der Waals surface area (Å²) in [7, 11) is 0. The van der Waals surface area contributed by atoms with Gasteiger partial charge in [-0.15, -0.1) is 0 Å². The summed E-state index contributed by atoms with van der Waals surface area (Å²) >= 11 is 0. The van der Waals surface area contributed by atoms with Gasteiger partial charge in [-0.05, 0) is 33.4 Å². The van der Waals surface area contributed by atoms with Gasteiger partial charge in [0.1, 0.15) is 0 Å². The van der Waals surface area contributed by atoms with Crippen LogP contribution in [0.15, 0.2) is 84.0 Å². The Morgan fingerprint density at radius 2 is 1.09 bits per heavy atom. The van der Waals surface area contributed by atoms with Gasteiger partial charge in [0.15, 0.2) is 0 Å². The molecule has 0 amide bonds. The van der Waals surface area contributed by atoms with Crippen molar-refractivity contribution in [3.63, 3.8) is 0 Å². The number of allylic oxidation sites excluding steroid dienone is 12. The maximum Gasteiger partial charge on any atom is 0.0315 e. The molecule has 0 aromatic heterocycles.